The van der Waals surface area contributed by atoms with Crippen molar-refractivity contribution in [3.05, 3.63) is 28.8 Å². The molecule has 5 nitrogen and oxygen atoms in total. The monoisotopic (exact) mass is 391 g/mol. The van der Waals surface area contributed by atoms with Crippen LogP contribution in [0.4, 0.5) is 5.69 Å². The Kier molecular flexibility index (Phi) is 5.82. The van der Waals surface area contributed by atoms with Gasteiger partial charge in [-0.3, -0.25) is 9.59 Å². The van der Waals surface area contributed by atoms with Gasteiger partial charge in [-0.25, -0.2) is 0 Å². The van der Waals surface area contributed by atoms with E-state index < -0.39 is 0 Å². The predicted octanol–water partition coefficient (Wildman–Crippen LogP) is 3.98. The quantitative estimate of drug-likeness (QED) is 0.711. The van der Waals surface area contributed by atoms with E-state index in [-0.39, 0.29) is 22.8 Å². The number of rotatable bonds is 5. The second kappa shape index (κ2) is 7.80. The highest BCUT2D eigenvalue weighted by Crippen LogP contribution is 2.44. The zero-order chi connectivity index (χ0) is 19.7. The van der Waals surface area contributed by atoms with Crippen molar-refractivity contribution < 1.29 is 9.59 Å². The van der Waals surface area contributed by atoms with Crippen LogP contribution in [0.3, 0.4) is 0 Å². The normalized spacial score (nSPS) is 25.0. The lowest BCUT2D eigenvalue weighted by molar-refractivity contribution is -0.128. The molecule has 148 valence electrons. The smallest absolute Gasteiger partial charge is 0.253 e. The van der Waals surface area contributed by atoms with Gasteiger partial charge in [0.25, 0.3) is 5.91 Å². The number of carbonyl (C=O) groups is 2. The molecule has 27 heavy (non-hydrogen) atoms. The van der Waals surface area contributed by atoms with Gasteiger partial charge >= 0.3 is 0 Å². The number of amides is 2. The summed E-state index contributed by atoms with van der Waals surface area (Å²) in [5, 5.41) is 9.77. The summed E-state index contributed by atoms with van der Waals surface area (Å²) >= 11 is 6.35. The number of anilines is 1. The minimum atomic E-state index is -0.314. The molecule has 3 rings (SSSR count). The highest BCUT2D eigenvalue weighted by molar-refractivity contribution is 6.34. The molecular formula is C21H30ClN3O2. The molecule has 1 aromatic carbocycles. The summed E-state index contributed by atoms with van der Waals surface area (Å²) in [5.41, 5.74) is 0.457. The summed E-state index contributed by atoms with van der Waals surface area (Å²) in [7, 11) is 0. The average molecular weight is 392 g/mol. The van der Waals surface area contributed by atoms with Crippen molar-refractivity contribution >= 4 is 29.1 Å². The van der Waals surface area contributed by atoms with Crippen LogP contribution in [-0.4, -0.2) is 30.4 Å². The molecule has 0 bridgehead atoms. The lowest BCUT2D eigenvalue weighted by Crippen LogP contribution is -2.44. The van der Waals surface area contributed by atoms with E-state index in [1.54, 1.807) is 18.2 Å². The Morgan fingerprint density at radius 3 is 2.81 bits per heavy atom. The second-order valence-electron chi connectivity index (χ2n) is 8.57. The van der Waals surface area contributed by atoms with Crippen LogP contribution in [0.15, 0.2) is 18.2 Å². The molecule has 1 aliphatic heterocycles. The van der Waals surface area contributed by atoms with Crippen LogP contribution in [0.25, 0.3) is 0 Å². The van der Waals surface area contributed by atoms with Crippen molar-refractivity contribution in [2.75, 3.05) is 18.4 Å². The summed E-state index contributed by atoms with van der Waals surface area (Å²) < 4.78 is 0. The van der Waals surface area contributed by atoms with Crippen molar-refractivity contribution in [1.29, 1.82) is 0 Å². The molecule has 0 unspecified atom stereocenters. The maximum absolute atomic E-state index is 13.1. The van der Waals surface area contributed by atoms with Crippen molar-refractivity contribution in [3.63, 3.8) is 0 Å². The van der Waals surface area contributed by atoms with Crippen LogP contribution in [0.1, 0.15) is 63.2 Å². The minimum Gasteiger partial charge on any atom is -0.347 e. The topological polar surface area (TPSA) is 70.2 Å². The van der Waals surface area contributed by atoms with E-state index in [0.717, 1.165) is 38.8 Å². The first-order chi connectivity index (χ1) is 12.8. The molecule has 0 aromatic heterocycles. The molecule has 1 saturated carbocycles. The van der Waals surface area contributed by atoms with Gasteiger partial charge in [0.2, 0.25) is 5.91 Å². The molecule has 1 aromatic rings. The van der Waals surface area contributed by atoms with Crippen LogP contribution in [0.2, 0.25) is 5.02 Å². The molecule has 2 atom stereocenters. The third-order valence-electron chi connectivity index (χ3n) is 6.30. The van der Waals surface area contributed by atoms with Crippen molar-refractivity contribution in [2.45, 2.75) is 58.4 Å². The van der Waals surface area contributed by atoms with Gasteiger partial charge in [0.05, 0.1) is 16.0 Å². The van der Waals surface area contributed by atoms with Crippen molar-refractivity contribution in [2.24, 2.45) is 11.3 Å². The molecule has 0 radical (unpaired) electrons. The standard InChI is InChI=1S/C21H30ClN3O2/c1-4-20(2,3)25-18(26)16-9-8-15(11-17(16)22)24-19(27)21-10-6-5-7-14(21)12-23-13-21/h8-9,11,14,23H,4-7,10,12-13H2,1-3H3,(H,24,27)(H,25,26)/t14-,21+/m0/s1. The largest absolute Gasteiger partial charge is 0.347 e. The van der Waals surface area contributed by atoms with Crippen molar-refractivity contribution in [3.8, 4) is 0 Å². The lowest BCUT2D eigenvalue weighted by atomic mass is 9.67. The molecular weight excluding hydrogens is 362 g/mol. The zero-order valence-electron chi connectivity index (χ0n) is 16.5. The van der Waals surface area contributed by atoms with Gasteiger partial charge in [0.15, 0.2) is 0 Å². The third-order valence-corrected chi connectivity index (χ3v) is 6.61. The highest BCUT2D eigenvalue weighted by Gasteiger charge is 2.49. The fourth-order valence-corrected chi connectivity index (χ4v) is 4.45. The fraction of sp³-hybridized carbons (Fsp3) is 0.619. The van der Waals surface area contributed by atoms with Gasteiger partial charge in [-0.2, -0.15) is 0 Å². The number of hydrogen-bond acceptors (Lipinski definition) is 3. The summed E-state index contributed by atoms with van der Waals surface area (Å²) in [6.07, 6.45) is 5.15. The molecule has 2 fully saturated rings. The maximum atomic E-state index is 13.1. The Bertz CT molecular complexity index is 734. The minimum absolute atomic E-state index is 0.0672. The first-order valence-electron chi connectivity index (χ1n) is 9.92. The Hall–Kier alpha value is -1.59. The second-order valence-corrected chi connectivity index (χ2v) is 8.98. The Morgan fingerprint density at radius 2 is 2.11 bits per heavy atom. The summed E-state index contributed by atoms with van der Waals surface area (Å²) in [5.74, 6) is 0.274. The van der Waals surface area contributed by atoms with E-state index >= 15 is 0 Å². The van der Waals surface area contributed by atoms with E-state index in [0.29, 0.717) is 22.2 Å². The zero-order valence-corrected chi connectivity index (χ0v) is 17.2. The van der Waals surface area contributed by atoms with E-state index in [4.69, 9.17) is 11.6 Å². The van der Waals surface area contributed by atoms with Gasteiger partial charge in [0.1, 0.15) is 0 Å². The lowest BCUT2D eigenvalue weighted by Gasteiger charge is -2.37. The average Bonchev–Trinajstić information content (AvgIpc) is 3.06. The van der Waals surface area contributed by atoms with Crippen LogP contribution in [-0.2, 0) is 4.79 Å². The molecule has 6 heteroatoms. The van der Waals surface area contributed by atoms with Gasteiger partial charge in [-0.05, 0) is 63.8 Å². The third kappa shape index (κ3) is 4.14. The van der Waals surface area contributed by atoms with E-state index in [1.807, 2.05) is 20.8 Å². The number of benzene rings is 1. The number of nitrogens with one attached hydrogen (secondary N) is 3. The molecule has 0 spiro atoms. The van der Waals surface area contributed by atoms with Gasteiger partial charge in [-0.15, -0.1) is 0 Å². The van der Waals surface area contributed by atoms with Crippen LogP contribution >= 0.6 is 11.6 Å². The van der Waals surface area contributed by atoms with Crippen LogP contribution < -0.4 is 16.0 Å². The molecule has 2 amide bonds. The first-order valence-corrected chi connectivity index (χ1v) is 10.3. The Balaban J connectivity index is 1.72. The summed E-state index contributed by atoms with van der Waals surface area (Å²) in [4.78, 5) is 25.5. The van der Waals surface area contributed by atoms with Crippen LogP contribution in [0.5, 0.6) is 0 Å². The maximum Gasteiger partial charge on any atom is 0.253 e. The van der Waals surface area contributed by atoms with Gasteiger partial charge in [-0.1, -0.05) is 31.4 Å². The fourth-order valence-electron chi connectivity index (χ4n) is 4.19. The van der Waals surface area contributed by atoms with E-state index in [9.17, 15) is 9.59 Å². The van der Waals surface area contributed by atoms with Crippen molar-refractivity contribution in [1.82, 2.24) is 10.6 Å². The summed E-state index contributed by atoms with van der Waals surface area (Å²) in [6, 6.07) is 5.11. The Labute approximate surface area is 166 Å². The van der Waals surface area contributed by atoms with Gasteiger partial charge < -0.3 is 16.0 Å². The molecule has 1 saturated heterocycles. The van der Waals surface area contributed by atoms with Gasteiger partial charge in [0, 0.05) is 17.8 Å². The number of carbonyl (C=O) groups excluding carboxylic acids is 2. The Morgan fingerprint density at radius 1 is 1.33 bits per heavy atom. The number of halogens is 1. The summed E-state index contributed by atoms with van der Waals surface area (Å²) in [6.45, 7) is 7.63. The first kappa shape index (κ1) is 20.2. The van der Waals surface area contributed by atoms with E-state index in [1.165, 1.54) is 6.42 Å². The molecule has 3 N–H and O–H groups in total. The number of fused-ring (bicyclic) bond motifs is 1. The van der Waals surface area contributed by atoms with Crippen LogP contribution in [0, 0.1) is 11.3 Å². The number of hydrogen-bond donors (Lipinski definition) is 3. The highest BCUT2D eigenvalue weighted by atomic mass is 35.5. The molecule has 2 aliphatic rings. The van der Waals surface area contributed by atoms with E-state index in [2.05, 4.69) is 16.0 Å². The SMILES string of the molecule is CCC(C)(C)NC(=O)c1ccc(NC(=O)[C@@]23CCCC[C@H]2CNC3)cc1Cl. The molecule has 1 aliphatic carbocycles. The molecule has 1 heterocycles. The predicted molar refractivity (Wildman–Crippen MR) is 109 cm³/mol.